The zero-order chi connectivity index (χ0) is 13.0. The molecular formula is C13H11ClN2O2. The monoisotopic (exact) mass is 262 g/mol. The number of H-pyrrole nitrogens is 1. The third-order valence-electron chi connectivity index (χ3n) is 2.45. The van der Waals surface area contributed by atoms with Gasteiger partial charge in [-0.2, -0.15) is 0 Å². The zero-order valence-electron chi connectivity index (χ0n) is 9.44. The fraction of sp³-hybridized carbons (Fsp3) is 0.0769. The van der Waals surface area contributed by atoms with Crippen molar-refractivity contribution in [3.05, 3.63) is 58.4 Å². The second kappa shape index (κ2) is 5.51. The molecule has 0 saturated carbocycles. The lowest BCUT2D eigenvalue weighted by Gasteiger charge is -2.03. The maximum atomic E-state index is 11.7. The van der Waals surface area contributed by atoms with Gasteiger partial charge in [0, 0.05) is 23.3 Å². The van der Waals surface area contributed by atoms with Crippen molar-refractivity contribution < 1.29 is 9.59 Å². The highest BCUT2D eigenvalue weighted by molar-refractivity contribution is 6.30. The fourth-order valence-corrected chi connectivity index (χ4v) is 1.62. The minimum atomic E-state index is -0.252. The van der Waals surface area contributed by atoms with Crippen molar-refractivity contribution >= 4 is 23.8 Å². The summed E-state index contributed by atoms with van der Waals surface area (Å²) in [6.07, 6.45) is 2.18. The Labute approximate surface area is 109 Å². The number of benzene rings is 1. The van der Waals surface area contributed by atoms with E-state index in [1.54, 1.807) is 12.1 Å². The standard InChI is InChI=1S/C13H11ClN2O2/c14-11-3-1-9(2-4-11)6-16-13(18)12-5-10(8-17)7-15-12/h1-5,7-8,15H,6H2,(H,16,18). The highest BCUT2D eigenvalue weighted by Crippen LogP contribution is 2.09. The van der Waals surface area contributed by atoms with Crippen molar-refractivity contribution in [3.63, 3.8) is 0 Å². The van der Waals surface area contributed by atoms with Crippen molar-refractivity contribution in [2.24, 2.45) is 0 Å². The summed E-state index contributed by atoms with van der Waals surface area (Å²) in [6, 6.07) is 8.72. The van der Waals surface area contributed by atoms with E-state index >= 15 is 0 Å². The van der Waals surface area contributed by atoms with Gasteiger partial charge >= 0.3 is 0 Å². The third kappa shape index (κ3) is 2.99. The van der Waals surface area contributed by atoms with E-state index in [0.29, 0.717) is 29.1 Å². The third-order valence-corrected chi connectivity index (χ3v) is 2.70. The van der Waals surface area contributed by atoms with Crippen molar-refractivity contribution in [2.75, 3.05) is 0 Å². The van der Waals surface area contributed by atoms with E-state index < -0.39 is 0 Å². The maximum Gasteiger partial charge on any atom is 0.267 e. The molecule has 2 aromatic rings. The van der Waals surface area contributed by atoms with Crippen LogP contribution in [0.4, 0.5) is 0 Å². The maximum absolute atomic E-state index is 11.7. The molecule has 0 fully saturated rings. The van der Waals surface area contributed by atoms with E-state index in [0.717, 1.165) is 5.56 Å². The minimum absolute atomic E-state index is 0.252. The molecule has 0 bridgehead atoms. The number of rotatable bonds is 4. The number of aromatic amines is 1. The molecular weight excluding hydrogens is 252 g/mol. The van der Waals surface area contributed by atoms with Crippen LogP contribution in [0.2, 0.25) is 5.02 Å². The molecule has 1 aromatic heterocycles. The Morgan fingerprint density at radius 1 is 1.33 bits per heavy atom. The number of amides is 1. The Balaban J connectivity index is 1.95. The van der Waals surface area contributed by atoms with Crippen LogP contribution in [0.3, 0.4) is 0 Å². The van der Waals surface area contributed by atoms with Crippen molar-refractivity contribution in [2.45, 2.75) is 6.54 Å². The molecule has 0 aliphatic rings. The lowest BCUT2D eigenvalue weighted by atomic mass is 10.2. The summed E-state index contributed by atoms with van der Waals surface area (Å²) in [6.45, 7) is 0.408. The molecule has 0 spiro atoms. The van der Waals surface area contributed by atoms with Gasteiger partial charge in [-0.15, -0.1) is 0 Å². The van der Waals surface area contributed by atoms with Crippen LogP contribution >= 0.6 is 11.6 Å². The topological polar surface area (TPSA) is 62.0 Å². The molecule has 1 heterocycles. The van der Waals surface area contributed by atoms with Gasteiger partial charge in [-0.3, -0.25) is 9.59 Å². The van der Waals surface area contributed by atoms with Crippen molar-refractivity contribution in [3.8, 4) is 0 Å². The molecule has 1 amide bonds. The summed E-state index contributed by atoms with van der Waals surface area (Å²) in [7, 11) is 0. The smallest absolute Gasteiger partial charge is 0.267 e. The van der Waals surface area contributed by atoms with Crippen LogP contribution < -0.4 is 5.32 Å². The number of carbonyl (C=O) groups is 2. The van der Waals surface area contributed by atoms with E-state index in [1.807, 2.05) is 12.1 Å². The summed E-state index contributed by atoms with van der Waals surface area (Å²) >= 11 is 5.76. The lowest BCUT2D eigenvalue weighted by Crippen LogP contribution is -2.22. The number of nitrogens with one attached hydrogen (secondary N) is 2. The number of carbonyl (C=O) groups excluding carboxylic acids is 2. The Kier molecular flexibility index (Phi) is 3.79. The van der Waals surface area contributed by atoms with Gasteiger partial charge in [-0.1, -0.05) is 23.7 Å². The quantitative estimate of drug-likeness (QED) is 0.831. The molecule has 1 aromatic carbocycles. The van der Waals surface area contributed by atoms with Crippen LogP contribution in [0.1, 0.15) is 26.4 Å². The average Bonchev–Trinajstić information content (AvgIpc) is 2.86. The van der Waals surface area contributed by atoms with Gasteiger partial charge in [-0.25, -0.2) is 0 Å². The molecule has 0 aliphatic carbocycles. The number of hydrogen-bond donors (Lipinski definition) is 2. The zero-order valence-corrected chi connectivity index (χ0v) is 10.2. The predicted molar refractivity (Wildman–Crippen MR) is 68.8 cm³/mol. The van der Waals surface area contributed by atoms with Crippen LogP contribution in [-0.4, -0.2) is 17.2 Å². The highest BCUT2D eigenvalue weighted by Gasteiger charge is 2.07. The second-order valence-corrected chi connectivity index (χ2v) is 4.21. The van der Waals surface area contributed by atoms with E-state index in [-0.39, 0.29) is 5.91 Å². The van der Waals surface area contributed by atoms with Gasteiger partial charge in [0.2, 0.25) is 0 Å². The molecule has 4 nitrogen and oxygen atoms in total. The molecule has 0 saturated heterocycles. The molecule has 2 N–H and O–H groups in total. The fourth-order valence-electron chi connectivity index (χ4n) is 1.49. The van der Waals surface area contributed by atoms with E-state index in [4.69, 9.17) is 11.6 Å². The van der Waals surface area contributed by atoms with Crippen LogP contribution in [0, 0.1) is 0 Å². The molecule has 2 rings (SSSR count). The van der Waals surface area contributed by atoms with Gasteiger partial charge in [-0.05, 0) is 23.8 Å². The normalized spacial score (nSPS) is 10.1. The highest BCUT2D eigenvalue weighted by atomic mass is 35.5. The number of aldehydes is 1. The minimum Gasteiger partial charge on any atom is -0.357 e. The summed E-state index contributed by atoms with van der Waals surface area (Å²) in [5.41, 5.74) is 1.77. The molecule has 92 valence electrons. The van der Waals surface area contributed by atoms with Gasteiger partial charge in [0.15, 0.2) is 6.29 Å². The van der Waals surface area contributed by atoms with E-state index in [9.17, 15) is 9.59 Å². The van der Waals surface area contributed by atoms with Crippen LogP contribution in [-0.2, 0) is 6.54 Å². The number of aromatic nitrogens is 1. The Hall–Kier alpha value is -2.07. The number of hydrogen-bond acceptors (Lipinski definition) is 2. The second-order valence-electron chi connectivity index (χ2n) is 3.77. The van der Waals surface area contributed by atoms with Gasteiger partial charge in [0.05, 0.1) is 0 Å². The van der Waals surface area contributed by atoms with Gasteiger partial charge in [0.1, 0.15) is 5.69 Å². The summed E-state index contributed by atoms with van der Waals surface area (Å²) in [5, 5.41) is 3.40. The predicted octanol–water partition coefficient (Wildman–Crippen LogP) is 2.41. The van der Waals surface area contributed by atoms with E-state index in [1.165, 1.54) is 12.3 Å². The summed E-state index contributed by atoms with van der Waals surface area (Å²) in [4.78, 5) is 25.0. The first-order chi connectivity index (χ1) is 8.69. The van der Waals surface area contributed by atoms with Crippen molar-refractivity contribution in [1.29, 1.82) is 0 Å². The largest absolute Gasteiger partial charge is 0.357 e. The number of halogens is 1. The molecule has 18 heavy (non-hydrogen) atoms. The van der Waals surface area contributed by atoms with Gasteiger partial charge in [0.25, 0.3) is 5.91 Å². The average molecular weight is 263 g/mol. The lowest BCUT2D eigenvalue weighted by molar-refractivity contribution is 0.0946. The molecule has 0 radical (unpaired) electrons. The summed E-state index contributed by atoms with van der Waals surface area (Å²) in [5.74, 6) is -0.252. The molecule has 5 heteroatoms. The first-order valence-corrected chi connectivity index (χ1v) is 5.73. The van der Waals surface area contributed by atoms with E-state index in [2.05, 4.69) is 10.3 Å². The van der Waals surface area contributed by atoms with Crippen LogP contribution in [0.5, 0.6) is 0 Å². The Morgan fingerprint density at radius 3 is 2.67 bits per heavy atom. The van der Waals surface area contributed by atoms with Crippen LogP contribution in [0.15, 0.2) is 36.5 Å². The Bertz CT molecular complexity index is 561. The summed E-state index contributed by atoms with van der Waals surface area (Å²) < 4.78 is 0. The first kappa shape index (κ1) is 12.4. The first-order valence-electron chi connectivity index (χ1n) is 5.35. The molecule has 0 unspecified atom stereocenters. The SMILES string of the molecule is O=Cc1c[nH]c(C(=O)NCc2ccc(Cl)cc2)c1. The van der Waals surface area contributed by atoms with Crippen LogP contribution in [0.25, 0.3) is 0 Å². The van der Waals surface area contributed by atoms with Crippen molar-refractivity contribution in [1.82, 2.24) is 10.3 Å². The molecule has 0 atom stereocenters. The van der Waals surface area contributed by atoms with Gasteiger partial charge < -0.3 is 10.3 Å². The Morgan fingerprint density at radius 2 is 2.06 bits per heavy atom. The molecule has 0 aliphatic heterocycles.